The van der Waals surface area contributed by atoms with Crippen molar-refractivity contribution in [2.24, 2.45) is 0 Å². The van der Waals surface area contributed by atoms with E-state index in [9.17, 15) is 19.7 Å². The Labute approximate surface area is 154 Å². The Hall–Kier alpha value is -3.13. The summed E-state index contributed by atoms with van der Waals surface area (Å²) in [5, 5.41) is 16.2. The van der Waals surface area contributed by atoms with Crippen LogP contribution < -0.4 is 15.4 Å². The van der Waals surface area contributed by atoms with Gasteiger partial charge in [0.25, 0.3) is 11.6 Å². The van der Waals surface area contributed by atoms with Crippen LogP contribution in [0.25, 0.3) is 0 Å². The fraction of sp³-hybridized carbons (Fsp3) is 0.176. The summed E-state index contributed by atoms with van der Waals surface area (Å²) in [6.45, 7) is 0.117. The molecule has 0 aliphatic rings. The molecule has 26 heavy (non-hydrogen) atoms. The summed E-state index contributed by atoms with van der Waals surface area (Å²) >= 11 is 5.98. The number of hydrogen-bond acceptors (Lipinski definition) is 5. The van der Waals surface area contributed by atoms with Gasteiger partial charge in [-0.1, -0.05) is 11.6 Å². The topological polar surface area (TPSA) is 111 Å². The largest absolute Gasteiger partial charge is 0.495 e. The van der Waals surface area contributed by atoms with E-state index in [1.165, 1.54) is 31.4 Å². The number of carbonyl (C=O) groups excluding carboxylic acids is 2. The molecule has 2 amide bonds. The van der Waals surface area contributed by atoms with Crippen LogP contribution >= 0.6 is 11.6 Å². The minimum Gasteiger partial charge on any atom is -0.495 e. The molecule has 0 atom stereocenters. The molecular formula is C17H16ClN3O5. The first-order valence-corrected chi connectivity index (χ1v) is 7.94. The van der Waals surface area contributed by atoms with Crippen molar-refractivity contribution in [1.82, 2.24) is 5.32 Å². The lowest BCUT2D eigenvalue weighted by Gasteiger charge is -2.09. The van der Waals surface area contributed by atoms with Crippen molar-refractivity contribution in [1.29, 1.82) is 0 Å². The fourth-order valence-corrected chi connectivity index (χ4v) is 2.35. The number of hydrogen-bond donors (Lipinski definition) is 2. The molecule has 0 aromatic heterocycles. The van der Waals surface area contributed by atoms with Crippen molar-refractivity contribution in [3.63, 3.8) is 0 Å². The highest BCUT2D eigenvalue weighted by Crippen LogP contribution is 2.27. The van der Waals surface area contributed by atoms with Crippen molar-refractivity contribution in [2.75, 3.05) is 19.0 Å². The van der Waals surface area contributed by atoms with Crippen LogP contribution in [0.3, 0.4) is 0 Å². The smallest absolute Gasteiger partial charge is 0.269 e. The predicted molar refractivity (Wildman–Crippen MR) is 96.7 cm³/mol. The van der Waals surface area contributed by atoms with Gasteiger partial charge in [-0.3, -0.25) is 19.7 Å². The molecular weight excluding hydrogens is 362 g/mol. The van der Waals surface area contributed by atoms with Gasteiger partial charge >= 0.3 is 0 Å². The zero-order valence-electron chi connectivity index (χ0n) is 13.8. The number of halogens is 1. The molecule has 0 saturated heterocycles. The molecule has 2 rings (SSSR count). The Morgan fingerprint density at radius 1 is 1.19 bits per heavy atom. The van der Waals surface area contributed by atoms with Crippen LogP contribution in [-0.2, 0) is 4.79 Å². The third-order valence-corrected chi connectivity index (χ3v) is 3.71. The average Bonchev–Trinajstić information content (AvgIpc) is 2.62. The summed E-state index contributed by atoms with van der Waals surface area (Å²) in [6, 6.07) is 10.0. The molecule has 0 saturated carbocycles. The third kappa shape index (κ3) is 5.18. The summed E-state index contributed by atoms with van der Waals surface area (Å²) in [5.41, 5.74) is 0.694. The second-order valence-electron chi connectivity index (χ2n) is 5.21. The number of anilines is 1. The number of ether oxygens (including phenoxy) is 1. The van der Waals surface area contributed by atoms with Crippen molar-refractivity contribution in [3.05, 3.63) is 63.2 Å². The van der Waals surface area contributed by atoms with E-state index in [2.05, 4.69) is 10.6 Å². The van der Waals surface area contributed by atoms with Gasteiger partial charge in [0.05, 0.1) is 17.1 Å². The van der Waals surface area contributed by atoms with Crippen LogP contribution in [0.2, 0.25) is 5.02 Å². The van der Waals surface area contributed by atoms with Gasteiger partial charge in [-0.25, -0.2) is 0 Å². The van der Waals surface area contributed by atoms with Gasteiger partial charge in [0.15, 0.2) is 0 Å². The quantitative estimate of drug-likeness (QED) is 0.569. The normalized spacial score (nSPS) is 10.1. The number of methoxy groups -OCH3 is 1. The number of amides is 2. The molecule has 8 nitrogen and oxygen atoms in total. The van der Waals surface area contributed by atoms with Gasteiger partial charge in [0.2, 0.25) is 5.91 Å². The summed E-state index contributed by atoms with van der Waals surface area (Å²) in [4.78, 5) is 33.9. The first-order valence-electron chi connectivity index (χ1n) is 7.56. The molecule has 2 aromatic carbocycles. The standard InChI is InChI=1S/C17H16ClN3O5/c1-26-15-7-4-12(10-14(15)18)20-16(22)8-9-19-17(23)11-2-5-13(6-3-11)21(24)25/h2-7,10H,8-9H2,1H3,(H,19,23)(H,20,22). The third-order valence-electron chi connectivity index (χ3n) is 3.41. The average molecular weight is 378 g/mol. The zero-order valence-corrected chi connectivity index (χ0v) is 14.6. The van der Waals surface area contributed by atoms with E-state index in [-0.39, 0.29) is 30.1 Å². The van der Waals surface area contributed by atoms with E-state index in [0.29, 0.717) is 16.5 Å². The maximum Gasteiger partial charge on any atom is 0.269 e. The zero-order chi connectivity index (χ0) is 19.1. The van der Waals surface area contributed by atoms with Crippen LogP contribution in [0.1, 0.15) is 16.8 Å². The molecule has 136 valence electrons. The fourth-order valence-electron chi connectivity index (χ4n) is 2.09. The van der Waals surface area contributed by atoms with Gasteiger partial charge in [-0.2, -0.15) is 0 Å². The first-order chi connectivity index (χ1) is 12.4. The number of nitro benzene ring substituents is 1. The Morgan fingerprint density at radius 2 is 1.88 bits per heavy atom. The maximum absolute atomic E-state index is 11.9. The van der Waals surface area contributed by atoms with Crippen molar-refractivity contribution < 1.29 is 19.2 Å². The first kappa shape index (κ1) is 19.2. The van der Waals surface area contributed by atoms with Crippen LogP contribution in [-0.4, -0.2) is 30.4 Å². The van der Waals surface area contributed by atoms with Gasteiger partial charge in [0.1, 0.15) is 5.75 Å². The van der Waals surface area contributed by atoms with Gasteiger partial charge in [-0.15, -0.1) is 0 Å². The summed E-state index contributed by atoms with van der Waals surface area (Å²) in [7, 11) is 1.49. The Bertz CT molecular complexity index is 824. The lowest BCUT2D eigenvalue weighted by molar-refractivity contribution is -0.384. The van der Waals surface area contributed by atoms with Crippen LogP contribution in [0, 0.1) is 10.1 Å². The molecule has 0 aliphatic carbocycles. The molecule has 0 spiro atoms. The van der Waals surface area contributed by atoms with E-state index in [0.717, 1.165) is 0 Å². The SMILES string of the molecule is COc1ccc(NC(=O)CCNC(=O)c2ccc([N+](=O)[O-])cc2)cc1Cl. The monoisotopic (exact) mass is 377 g/mol. The van der Waals surface area contributed by atoms with Crippen LogP contribution in [0.4, 0.5) is 11.4 Å². The number of rotatable bonds is 7. The molecule has 0 fully saturated rings. The maximum atomic E-state index is 11.9. The highest BCUT2D eigenvalue weighted by molar-refractivity contribution is 6.32. The number of nitrogens with one attached hydrogen (secondary N) is 2. The second kappa shape index (κ2) is 8.82. The van der Waals surface area contributed by atoms with Gasteiger partial charge < -0.3 is 15.4 Å². The van der Waals surface area contributed by atoms with Crippen molar-refractivity contribution in [2.45, 2.75) is 6.42 Å². The minimum absolute atomic E-state index is 0.0579. The van der Waals surface area contributed by atoms with E-state index in [1.807, 2.05) is 0 Å². The van der Waals surface area contributed by atoms with E-state index >= 15 is 0 Å². The number of non-ortho nitro benzene ring substituents is 1. The highest BCUT2D eigenvalue weighted by Gasteiger charge is 2.10. The number of nitro groups is 1. The molecule has 0 heterocycles. The van der Waals surface area contributed by atoms with E-state index in [4.69, 9.17) is 16.3 Å². The van der Waals surface area contributed by atoms with Gasteiger partial charge in [0, 0.05) is 36.3 Å². The van der Waals surface area contributed by atoms with Gasteiger partial charge in [-0.05, 0) is 30.3 Å². The second-order valence-corrected chi connectivity index (χ2v) is 5.61. The van der Waals surface area contributed by atoms with E-state index < -0.39 is 10.8 Å². The predicted octanol–water partition coefficient (Wildman–Crippen LogP) is 3.02. The lowest BCUT2D eigenvalue weighted by Crippen LogP contribution is -2.27. The summed E-state index contributed by atoms with van der Waals surface area (Å²) in [5.74, 6) is -0.213. The van der Waals surface area contributed by atoms with Crippen LogP contribution in [0.5, 0.6) is 5.75 Å². The number of benzene rings is 2. The highest BCUT2D eigenvalue weighted by atomic mass is 35.5. The van der Waals surface area contributed by atoms with Crippen LogP contribution in [0.15, 0.2) is 42.5 Å². The Morgan fingerprint density at radius 3 is 2.46 bits per heavy atom. The number of nitrogens with zero attached hydrogens (tertiary/aromatic N) is 1. The molecule has 0 aliphatic heterocycles. The lowest BCUT2D eigenvalue weighted by atomic mass is 10.2. The van der Waals surface area contributed by atoms with E-state index in [1.54, 1.807) is 18.2 Å². The molecule has 0 bridgehead atoms. The Kier molecular flexibility index (Phi) is 6.51. The molecule has 0 radical (unpaired) electrons. The number of carbonyl (C=O) groups is 2. The van der Waals surface area contributed by atoms with Crippen molar-refractivity contribution >= 4 is 34.8 Å². The molecule has 0 unspecified atom stereocenters. The summed E-state index contributed by atoms with van der Waals surface area (Å²) < 4.78 is 5.03. The molecule has 9 heteroatoms. The molecule has 2 N–H and O–H groups in total. The Balaban J connectivity index is 1.81. The molecule has 2 aromatic rings. The summed E-state index contributed by atoms with van der Waals surface area (Å²) in [6.07, 6.45) is 0.0579. The minimum atomic E-state index is -0.544. The van der Waals surface area contributed by atoms with Crippen molar-refractivity contribution in [3.8, 4) is 5.75 Å².